The van der Waals surface area contributed by atoms with E-state index in [9.17, 15) is 4.79 Å². The first-order valence-corrected chi connectivity index (χ1v) is 5.98. The van der Waals surface area contributed by atoms with Crippen LogP contribution in [0, 0.1) is 0 Å². The van der Waals surface area contributed by atoms with Crippen LogP contribution in [0.2, 0.25) is 0 Å². The van der Waals surface area contributed by atoms with Crippen molar-refractivity contribution in [1.82, 2.24) is 4.98 Å². The van der Waals surface area contributed by atoms with Gasteiger partial charge in [-0.3, -0.25) is 0 Å². The maximum Gasteiger partial charge on any atom is 0.356 e. The van der Waals surface area contributed by atoms with Crippen LogP contribution in [0.3, 0.4) is 0 Å². The van der Waals surface area contributed by atoms with E-state index in [2.05, 4.69) is 21.1 Å². The molecule has 0 spiro atoms. The van der Waals surface area contributed by atoms with Crippen LogP contribution in [0.4, 0.5) is 5.69 Å². The van der Waals surface area contributed by atoms with Crippen molar-refractivity contribution in [3.05, 3.63) is 46.4 Å². The first-order valence-electron chi connectivity index (χ1n) is 5.10. The Morgan fingerprint density at radius 1 is 1.53 bits per heavy atom. The molecule has 0 saturated carbocycles. The first-order chi connectivity index (χ1) is 8.29. The Hall–Kier alpha value is -1.88. The van der Waals surface area contributed by atoms with E-state index in [0.29, 0.717) is 5.69 Å². The third-order valence-electron chi connectivity index (χ3n) is 2.20. The van der Waals surface area contributed by atoms with Gasteiger partial charge in [-0.2, -0.15) is 0 Å². The minimum Gasteiger partial charge on any atom is -0.464 e. The van der Waals surface area contributed by atoms with E-state index >= 15 is 0 Å². The lowest BCUT2D eigenvalue weighted by Gasteiger charge is -2.05. The molecule has 0 aliphatic carbocycles. The highest BCUT2D eigenvalue weighted by molar-refractivity contribution is 7.09. The number of nitrogens with zero attached hydrogens (tertiary/aromatic N) is 1. The standard InChI is InChI=1S/C12H12N2O2S/c1-16-12(15)11-7-9(4-5-13-11)14-8-10-3-2-6-17-10/h2-7H,8H2,1H3,(H,13,14). The van der Waals surface area contributed by atoms with Crippen molar-refractivity contribution in [2.45, 2.75) is 6.54 Å². The number of carbonyl (C=O) groups is 1. The maximum atomic E-state index is 11.3. The Morgan fingerprint density at radius 3 is 3.12 bits per heavy atom. The Balaban J connectivity index is 2.03. The van der Waals surface area contributed by atoms with Crippen LogP contribution in [0.25, 0.3) is 0 Å². The molecule has 0 fully saturated rings. The Kier molecular flexibility index (Phi) is 3.72. The van der Waals surface area contributed by atoms with Gasteiger partial charge < -0.3 is 10.1 Å². The van der Waals surface area contributed by atoms with Gasteiger partial charge in [0.15, 0.2) is 0 Å². The number of ether oxygens (including phenoxy) is 1. The lowest BCUT2D eigenvalue weighted by molar-refractivity contribution is 0.0594. The molecule has 5 heteroatoms. The summed E-state index contributed by atoms with van der Waals surface area (Å²) in [6.45, 7) is 0.738. The maximum absolute atomic E-state index is 11.3. The third-order valence-corrected chi connectivity index (χ3v) is 3.08. The number of thiophene rings is 1. The number of anilines is 1. The van der Waals surface area contributed by atoms with Crippen molar-refractivity contribution in [2.75, 3.05) is 12.4 Å². The van der Waals surface area contributed by atoms with E-state index in [1.807, 2.05) is 17.5 Å². The zero-order valence-corrected chi connectivity index (χ0v) is 10.2. The van der Waals surface area contributed by atoms with Crippen LogP contribution in [0.5, 0.6) is 0 Å². The largest absolute Gasteiger partial charge is 0.464 e. The van der Waals surface area contributed by atoms with Crippen molar-refractivity contribution in [3.8, 4) is 0 Å². The minimum atomic E-state index is -0.426. The summed E-state index contributed by atoms with van der Waals surface area (Å²) < 4.78 is 4.61. The van der Waals surface area contributed by atoms with Crippen molar-refractivity contribution in [2.24, 2.45) is 0 Å². The number of hydrogen-bond donors (Lipinski definition) is 1. The minimum absolute atomic E-state index is 0.309. The molecular weight excluding hydrogens is 236 g/mol. The van der Waals surface area contributed by atoms with Gasteiger partial charge in [0.1, 0.15) is 5.69 Å². The van der Waals surface area contributed by atoms with Gasteiger partial charge in [-0.25, -0.2) is 9.78 Å². The number of esters is 1. The fraction of sp³-hybridized carbons (Fsp3) is 0.167. The van der Waals surface area contributed by atoms with Gasteiger partial charge in [-0.1, -0.05) is 6.07 Å². The number of rotatable bonds is 4. The predicted molar refractivity (Wildman–Crippen MR) is 67.2 cm³/mol. The Bertz CT molecular complexity index is 497. The predicted octanol–water partition coefficient (Wildman–Crippen LogP) is 2.54. The highest BCUT2D eigenvalue weighted by Gasteiger charge is 2.07. The first kappa shape index (κ1) is 11.6. The SMILES string of the molecule is COC(=O)c1cc(NCc2cccs2)ccn1. The quantitative estimate of drug-likeness (QED) is 0.845. The molecule has 88 valence electrons. The van der Waals surface area contributed by atoms with Crippen molar-refractivity contribution < 1.29 is 9.53 Å². The molecule has 17 heavy (non-hydrogen) atoms. The summed E-state index contributed by atoms with van der Waals surface area (Å²) in [5.74, 6) is -0.426. The molecule has 4 nitrogen and oxygen atoms in total. The average molecular weight is 248 g/mol. The monoisotopic (exact) mass is 248 g/mol. The Labute approximate surface area is 103 Å². The van der Waals surface area contributed by atoms with Gasteiger partial charge in [0, 0.05) is 23.3 Å². The molecule has 0 radical (unpaired) electrons. The molecule has 0 aliphatic heterocycles. The number of pyridine rings is 1. The molecule has 1 N–H and O–H groups in total. The van der Waals surface area contributed by atoms with Gasteiger partial charge in [-0.15, -0.1) is 11.3 Å². The zero-order valence-electron chi connectivity index (χ0n) is 9.34. The highest BCUT2D eigenvalue weighted by atomic mass is 32.1. The number of nitrogens with one attached hydrogen (secondary N) is 1. The second-order valence-corrected chi connectivity index (χ2v) is 4.39. The third kappa shape index (κ3) is 3.04. The molecule has 2 aromatic heterocycles. The zero-order chi connectivity index (χ0) is 12.1. The van der Waals surface area contributed by atoms with Crippen LogP contribution in [0.15, 0.2) is 35.8 Å². The van der Waals surface area contributed by atoms with E-state index < -0.39 is 5.97 Å². The summed E-state index contributed by atoms with van der Waals surface area (Å²) in [4.78, 5) is 16.5. The van der Waals surface area contributed by atoms with Crippen LogP contribution >= 0.6 is 11.3 Å². The van der Waals surface area contributed by atoms with E-state index in [0.717, 1.165) is 12.2 Å². The van der Waals surface area contributed by atoms with Crippen molar-refractivity contribution in [1.29, 1.82) is 0 Å². The summed E-state index contributed by atoms with van der Waals surface area (Å²) in [5, 5.41) is 5.26. The molecular formula is C12H12N2O2S. The van der Waals surface area contributed by atoms with Crippen molar-refractivity contribution >= 4 is 23.0 Å². The van der Waals surface area contributed by atoms with Crippen LogP contribution in [-0.2, 0) is 11.3 Å². The second kappa shape index (κ2) is 5.45. The van der Waals surface area contributed by atoms with Gasteiger partial charge in [0.2, 0.25) is 0 Å². The molecule has 0 aliphatic rings. The smallest absolute Gasteiger partial charge is 0.356 e. The topological polar surface area (TPSA) is 51.2 Å². The average Bonchev–Trinajstić information content (AvgIpc) is 2.89. The lowest BCUT2D eigenvalue weighted by Crippen LogP contribution is -2.05. The van der Waals surface area contributed by atoms with Gasteiger partial charge in [-0.05, 0) is 23.6 Å². The van der Waals surface area contributed by atoms with E-state index in [1.165, 1.54) is 12.0 Å². The molecule has 0 unspecified atom stereocenters. The molecule has 2 heterocycles. The molecule has 0 amide bonds. The molecule has 0 bridgehead atoms. The molecule has 0 saturated heterocycles. The molecule has 2 aromatic rings. The number of carbonyl (C=O) groups excluding carboxylic acids is 1. The normalized spacial score (nSPS) is 9.94. The number of hydrogen-bond acceptors (Lipinski definition) is 5. The van der Waals surface area contributed by atoms with Gasteiger partial charge >= 0.3 is 5.97 Å². The summed E-state index contributed by atoms with van der Waals surface area (Å²) in [5.41, 5.74) is 1.16. The van der Waals surface area contributed by atoms with E-state index in [4.69, 9.17) is 0 Å². The van der Waals surface area contributed by atoms with Crippen LogP contribution in [-0.4, -0.2) is 18.1 Å². The highest BCUT2D eigenvalue weighted by Crippen LogP contribution is 2.13. The Morgan fingerprint density at radius 2 is 2.41 bits per heavy atom. The molecule has 0 atom stereocenters. The molecule has 2 rings (SSSR count). The fourth-order valence-corrected chi connectivity index (χ4v) is 2.00. The summed E-state index contributed by atoms with van der Waals surface area (Å²) in [6.07, 6.45) is 1.59. The number of methoxy groups -OCH3 is 1. The van der Waals surface area contributed by atoms with Gasteiger partial charge in [0.05, 0.1) is 7.11 Å². The fourth-order valence-electron chi connectivity index (χ4n) is 1.36. The molecule has 0 aromatic carbocycles. The van der Waals surface area contributed by atoms with Gasteiger partial charge in [0.25, 0.3) is 0 Å². The van der Waals surface area contributed by atoms with Crippen LogP contribution < -0.4 is 5.32 Å². The van der Waals surface area contributed by atoms with E-state index in [-0.39, 0.29) is 0 Å². The summed E-state index contributed by atoms with van der Waals surface area (Å²) in [7, 11) is 1.34. The van der Waals surface area contributed by atoms with Crippen LogP contribution in [0.1, 0.15) is 15.4 Å². The van der Waals surface area contributed by atoms with E-state index in [1.54, 1.807) is 23.6 Å². The van der Waals surface area contributed by atoms with Crippen molar-refractivity contribution in [3.63, 3.8) is 0 Å². The lowest BCUT2D eigenvalue weighted by atomic mass is 10.3. The summed E-state index contributed by atoms with van der Waals surface area (Å²) >= 11 is 1.69. The second-order valence-electron chi connectivity index (χ2n) is 3.35. The summed E-state index contributed by atoms with van der Waals surface area (Å²) in [6, 6.07) is 7.56. The number of aromatic nitrogens is 1.